The molecule has 142 valence electrons. The zero-order valence-electron chi connectivity index (χ0n) is 14.1. The Labute approximate surface area is 153 Å². The molecule has 9 heteroatoms. The van der Waals surface area contributed by atoms with Gasteiger partial charge in [0, 0.05) is 24.2 Å². The second kappa shape index (κ2) is 7.67. The number of nitrogens with one attached hydrogen (secondary N) is 2. The van der Waals surface area contributed by atoms with Crippen LogP contribution in [0.4, 0.5) is 20.2 Å². The van der Waals surface area contributed by atoms with Gasteiger partial charge in [0.1, 0.15) is 23.4 Å². The number of anilines is 1. The van der Waals surface area contributed by atoms with Crippen LogP contribution in [0.2, 0.25) is 0 Å². The molecule has 1 saturated carbocycles. The van der Waals surface area contributed by atoms with Crippen LogP contribution in [-0.4, -0.2) is 28.5 Å². The van der Waals surface area contributed by atoms with E-state index in [1.807, 2.05) is 0 Å². The number of aliphatic hydroxyl groups excluding tert-OH is 1. The maximum atomic E-state index is 13.7. The number of nitro benzene ring substituents is 1. The molecule has 1 aliphatic carbocycles. The number of amides is 1. The summed E-state index contributed by atoms with van der Waals surface area (Å²) in [5, 5.41) is 26.7. The number of carbonyl (C=O) groups excluding carboxylic acids is 1. The first-order valence-corrected chi connectivity index (χ1v) is 8.32. The van der Waals surface area contributed by atoms with Crippen LogP contribution in [0.25, 0.3) is 0 Å². The van der Waals surface area contributed by atoms with Gasteiger partial charge in [-0.05, 0) is 37.1 Å². The summed E-state index contributed by atoms with van der Waals surface area (Å²) in [4.78, 5) is 22.7. The molecule has 2 aromatic carbocycles. The Bertz CT molecular complexity index is 867. The fourth-order valence-electron chi connectivity index (χ4n) is 2.61. The maximum Gasteiger partial charge on any atom is 0.293 e. The van der Waals surface area contributed by atoms with Crippen molar-refractivity contribution in [3.63, 3.8) is 0 Å². The van der Waals surface area contributed by atoms with E-state index in [9.17, 15) is 28.8 Å². The normalized spacial score (nSPS) is 14.5. The maximum absolute atomic E-state index is 13.7. The molecule has 1 atom stereocenters. The lowest BCUT2D eigenvalue weighted by atomic mass is 10.1. The van der Waals surface area contributed by atoms with Crippen LogP contribution >= 0.6 is 0 Å². The third kappa shape index (κ3) is 4.37. The molecule has 1 aliphatic rings. The van der Waals surface area contributed by atoms with Crippen molar-refractivity contribution in [3.05, 3.63) is 69.3 Å². The Morgan fingerprint density at radius 1 is 1.26 bits per heavy atom. The van der Waals surface area contributed by atoms with Crippen LogP contribution in [0, 0.1) is 21.7 Å². The zero-order valence-corrected chi connectivity index (χ0v) is 14.1. The molecule has 0 bridgehead atoms. The third-order valence-electron chi connectivity index (χ3n) is 4.19. The van der Waals surface area contributed by atoms with Gasteiger partial charge in [-0.1, -0.05) is 6.07 Å². The lowest BCUT2D eigenvalue weighted by molar-refractivity contribution is -0.384. The minimum absolute atomic E-state index is 0.0266. The molecular formula is C18H17F2N3O4. The second-order valence-corrected chi connectivity index (χ2v) is 6.27. The van der Waals surface area contributed by atoms with Gasteiger partial charge in [-0.2, -0.15) is 0 Å². The third-order valence-corrected chi connectivity index (χ3v) is 4.19. The Kier molecular flexibility index (Phi) is 5.31. The van der Waals surface area contributed by atoms with Gasteiger partial charge in [-0.25, -0.2) is 8.78 Å². The van der Waals surface area contributed by atoms with Crippen LogP contribution in [0.5, 0.6) is 0 Å². The second-order valence-electron chi connectivity index (χ2n) is 6.27. The van der Waals surface area contributed by atoms with E-state index in [1.54, 1.807) is 0 Å². The van der Waals surface area contributed by atoms with E-state index in [0.717, 1.165) is 31.0 Å². The van der Waals surface area contributed by atoms with E-state index < -0.39 is 34.1 Å². The van der Waals surface area contributed by atoms with Gasteiger partial charge in [0.05, 0.1) is 10.5 Å². The molecule has 0 radical (unpaired) electrons. The highest BCUT2D eigenvalue weighted by Gasteiger charge is 2.25. The quantitative estimate of drug-likeness (QED) is 0.508. The van der Waals surface area contributed by atoms with Gasteiger partial charge in [0.25, 0.3) is 11.6 Å². The number of nitrogens with zero attached hydrogens (tertiary/aromatic N) is 1. The average Bonchev–Trinajstić information content (AvgIpc) is 3.43. The number of rotatable bonds is 7. The van der Waals surface area contributed by atoms with Crippen LogP contribution < -0.4 is 10.6 Å². The summed E-state index contributed by atoms with van der Waals surface area (Å²) in [6, 6.07) is 7.16. The first-order chi connectivity index (χ1) is 12.9. The molecule has 3 N–H and O–H groups in total. The van der Waals surface area contributed by atoms with Gasteiger partial charge in [-0.3, -0.25) is 14.9 Å². The standard InChI is InChI=1S/C18H17F2N3O4/c19-12-2-1-3-13(20)17(12)16(24)9-21-14-7-4-10(8-15(14)23(26)27)18(25)22-11-5-6-11/h1-4,7-8,11,16,21,24H,5-6,9H2,(H,22,25). The number of benzene rings is 2. The van der Waals surface area contributed by atoms with Crippen molar-refractivity contribution in [1.82, 2.24) is 5.32 Å². The Hall–Kier alpha value is -3.07. The smallest absolute Gasteiger partial charge is 0.293 e. The van der Waals surface area contributed by atoms with Crippen LogP contribution in [-0.2, 0) is 0 Å². The average molecular weight is 377 g/mol. The fraction of sp³-hybridized carbons (Fsp3) is 0.278. The van der Waals surface area contributed by atoms with Gasteiger partial charge in [-0.15, -0.1) is 0 Å². The van der Waals surface area contributed by atoms with Crippen LogP contribution in [0.15, 0.2) is 36.4 Å². The molecule has 7 nitrogen and oxygen atoms in total. The first kappa shape index (κ1) is 18.7. The number of carbonyl (C=O) groups is 1. The Balaban J connectivity index is 1.75. The molecule has 27 heavy (non-hydrogen) atoms. The molecule has 0 spiro atoms. The number of halogens is 2. The van der Waals surface area contributed by atoms with E-state index in [0.29, 0.717) is 0 Å². The number of aliphatic hydroxyl groups is 1. The van der Waals surface area contributed by atoms with Crippen molar-refractivity contribution in [3.8, 4) is 0 Å². The highest BCUT2D eigenvalue weighted by atomic mass is 19.1. The molecule has 1 fully saturated rings. The predicted octanol–water partition coefficient (Wildman–Crippen LogP) is 2.91. The van der Waals surface area contributed by atoms with Crippen LogP contribution in [0.3, 0.4) is 0 Å². The number of nitro groups is 1. The summed E-state index contributed by atoms with van der Waals surface area (Å²) < 4.78 is 27.4. The topological polar surface area (TPSA) is 104 Å². The molecule has 3 rings (SSSR count). The summed E-state index contributed by atoms with van der Waals surface area (Å²) in [5.74, 6) is -2.22. The first-order valence-electron chi connectivity index (χ1n) is 8.32. The SMILES string of the molecule is O=C(NC1CC1)c1ccc(NCC(O)c2c(F)cccc2F)c([N+](=O)[O-])c1. The van der Waals surface area contributed by atoms with Crippen molar-refractivity contribution in [2.24, 2.45) is 0 Å². The molecule has 0 aliphatic heterocycles. The monoisotopic (exact) mass is 377 g/mol. The Morgan fingerprint density at radius 3 is 2.52 bits per heavy atom. The summed E-state index contributed by atoms with van der Waals surface area (Å²) >= 11 is 0. The van der Waals surface area contributed by atoms with Gasteiger partial charge < -0.3 is 15.7 Å². The predicted molar refractivity (Wildman–Crippen MR) is 93.4 cm³/mol. The lowest BCUT2D eigenvalue weighted by Gasteiger charge is -2.15. The highest BCUT2D eigenvalue weighted by molar-refractivity contribution is 5.96. The minimum atomic E-state index is -1.55. The van der Waals surface area contributed by atoms with E-state index in [4.69, 9.17) is 0 Å². The van der Waals surface area contributed by atoms with Crippen molar-refractivity contribution in [2.45, 2.75) is 25.0 Å². The van der Waals surface area contributed by atoms with Gasteiger partial charge in [0.15, 0.2) is 0 Å². The highest BCUT2D eigenvalue weighted by Crippen LogP contribution is 2.28. The summed E-state index contributed by atoms with van der Waals surface area (Å²) in [6.07, 6.45) is 0.222. The molecule has 2 aromatic rings. The Morgan fingerprint density at radius 2 is 1.93 bits per heavy atom. The minimum Gasteiger partial charge on any atom is -0.386 e. The lowest BCUT2D eigenvalue weighted by Crippen LogP contribution is -2.25. The zero-order chi connectivity index (χ0) is 19.6. The molecular weight excluding hydrogens is 360 g/mol. The van der Waals surface area contributed by atoms with E-state index in [1.165, 1.54) is 18.2 Å². The van der Waals surface area contributed by atoms with Crippen LogP contribution in [0.1, 0.15) is 34.9 Å². The van der Waals surface area contributed by atoms with Crippen molar-refractivity contribution in [1.29, 1.82) is 0 Å². The van der Waals surface area contributed by atoms with E-state index in [2.05, 4.69) is 10.6 Å². The van der Waals surface area contributed by atoms with Gasteiger partial charge in [0.2, 0.25) is 0 Å². The van der Waals surface area contributed by atoms with Crippen molar-refractivity contribution >= 4 is 17.3 Å². The summed E-state index contributed by atoms with van der Waals surface area (Å²) in [6.45, 7) is -0.355. The number of hydrogen-bond donors (Lipinski definition) is 3. The largest absolute Gasteiger partial charge is 0.386 e. The van der Waals surface area contributed by atoms with E-state index in [-0.39, 0.29) is 29.5 Å². The molecule has 0 aromatic heterocycles. The summed E-state index contributed by atoms with van der Waals surface area (Å²) in [5.41, 5.74) is -0.730. The molecule has 0 heterocycles. The van der Waals surface area contributed by atoms with Gasteiger partial charge >= 0.3 is 0 Å². The molecule has 1 unspecified atom stereocenters. The summed E-state index contributed by atoms with van der Waals surface area (Å²) in [7, 11) is 0. The number of hydrogen-bond acceptors (Lipinski definition) is 5. The van der Waals surface area contributed by atoms with E-state index >= 15 is 0 Å². The van der Waals surface area contributed by atoms with Crippen molar-refractivity contribution < 1.29 is 23.6 Å². The molecule has 0 saturated heterocycles. The van der Waals surface area contributed by atoms with Crippen molar-refractivity contribution in [2.75, 3.05) is 11.9 Å². The fourth-order valence-corrected chi connectivity index (χ4v) is 2.61. The molecule has 1 amide bonds.